The summed E-state index contributed by atoms with van der Waals surface area (Å²) in [4.78, 5) is 0. The summed E-state index contributed by atoms with van der Waals surface area (Å²) >= 11 is 4.16. The van der Waals surface area contributed by atoms with Gasteiger partial charge in [-0.3, -0.25) is 0 Å². The van der Waals surface area contributed by atoms with Gasteiger partial charge in [0.2, 0.25) is 0 Å². The van der Waals surface area contributed by atoms with E-state index in [1.807, 2.05) is 13.8 Å². The van der Waals surface area contributed by atoms with Crippen LogP contribution in [0, 0.1) is 0 Å². The molecule has 14 heavy (non-hydrogen) atoms. The summed E-state index contributed by atoms with van der Waals surface area (Å²) in [5.74, 6) is 2.28. The first-order valence-corrected chi connectivity index (χ1v) is 7.30. The molecule has 0 unspecified atom stereocenters. The van der Waals surface area contributed by atoms with Crippen LogP contribution in [0.3, 0.4) is 0 Å². The molecule has 0 N–H and O–H groups in total. The molecule has 0 aromatic heterocycles. The molecule has 2 aliphatic rings. The van der Waals surface area contributed by atoms with E-state index in [-0.39, 0.29) is 5.79 Å². The van der Waals surface area contributed by atoms with Crippen LogP contribution in [-0.2, 0) is 9.47 Å². The lowest BCUT2D eigenvalue weighted by atomic mass is 10.3. The Hall–Kier alpha value is 0.620. The van der Waals surface area contributed by atoms with Gasteiger partial charge in [0, 0.05) is 0 Å². The predicted octanol–water partition coefficient (Wildman–Crippen LogP) is 2.72. The van der Waals surface area contributed by atoms with Crippen LogP contribution in [0.1, 0.15) is 26.7 Å². The third-order valence-corrected chi connectivity index (χ3v) is 5.41. The van der Waals surface area contributed by atoms with Gasteiger partial charge in [0.1, 0.15) is 0 Å². The molecule has 82 valence electrons. The van der Waals surface area contributed by atoms with Crippen LogP contribution in [0.15, 0.2) is 0 Å². The van der Waals surface area contributed by atoms with Crippen LogP contribution < -0.4 is 0 Å². The third kappa shape index (κ3) is 3.05. The Morgan fingerprint density at radius 3 is 2.57 bits per heavy atom. The van der Waals surface area contributed by atoms with Gasteiger partial charge in [-0.05, 0) is 38.2 Å². The minimum atomic E-state index is -0.353. The Bertz CT molecular complexity index is 191. The van der Waals surface area contributed by atoms with Crippen molar-refractivity contribution in [2.24, 2.45) is 0 Å². The SMILES string of the molecule is CC1(C)OC[C@H](CC2SCCCS2)O1. The first-order valence-electron chi connectivity index (χ1n) is 5.21. The fraction of sp³-hybridized carbons (Fsp3) is 1.00. The Labute approximate surface area is 94.5 Å². The maximum absolute atomic E-state index is 5.80. The summed E-state index contributed by atoms with van der Waals surface area (Å²) in [5.41, 5.74) is 0. The third-order valence-electron chi connectivity index (χ3n) is 2.42. The Balaban J connectivity index is 1.75. The quantitative estimate of drug-likeness (QED) is 0.731. The first-order chi connectivity index (χ1) is 6.66. The summed E-state index contributed by atoms with van der Waals surface area (Å²) in [6, 6.07) is 0. The van der Waals surface area contributed by atoms with Gasteiger partial charge in [-0.1, -0.05) is 0 Å². The smallest absolute Gasteiger partial charge is 0.163 e. The molecule has 2 rings (SSSR count). The van der Waals surface area contributed by atoms with Gasteiger partial charge < -0.3 is 9.47 Å². The highest BCUT2D eigenvalue weighted by molar-refractivity contribution is 8.17. The van der Waals surface area contributed by atoms with Crippen molar-refractivity contribution in [3.05, 3.63) is 0 Å². The highest BCUT2D eigenvalue weighted by Crippen LogP contribution is 2.36. The lowest BCUT2D eigenvalue weighted by Gasteiger charge is -2.23. The van der Waals surface area contributed by atoms with Crippen molar-refractivity contribution in [1.82, 2.24) is 0 Å². The van der Waals surface area contributed by atoms with E-state index >= 15 is 0 Å². The molecule has 1 atom stereocenters. The summed E-state index contributed by atoms with van der Waals surface area (Å²) in [6.45, 7) is 4.76. The molecule has 0 saturated carbocycles. The first kappa shape index (κ1) is 11.1. The fourth-order valence-corrected chi connectivity index (χ4v) is 4.76. The van der Waals surface area contributed by atoms with E-state index in [1.54, 1.807) is 0 Å². The molecule has 2 heterocycles. The second kappa shape index (κ2) is 4.64. The van der Waals surface area contributed by atoms with Crippen molar-refractivity contribution >= 4 is 23.5 Å². The van der Waals surface area contributed by atoms with Gasteiger partial charge >= 0.3 is 0 Å². The number of ether oxygens (including phenoxy) is 2. The number of rotatable bonds is 2. The molecular formula is C10H18O2S2. The second-order valence-corrected chi connectivity index (χ2v) is 7.13. The van der Waals surface area contributed by atoms with Crippen LogP contribution in [0.25, 0.3) is 0 Å². The molecule has 2 nitrogen and oxygen atoms in total. The van der Waals surface area contributed by atoms with E-state index in [9.17, 15) is 0 Å². The zero-order chi connectivity index (χ0) is 10.0. The van der Waals surface area contributed by atoms with Gasteiger partial charge in [0.15, 0.2) is 5.79 Å². The van der Waals surface area contributed by atoms with E-state index < -0.39 is 0 Å². The zero-order valence-electron chi connectivity index (χ0n) is 8.82. The average molecular weight is 234 g/mol. The van der Waals surface area contributed by atoms with Crippen molar-refractivity contribution in [1.29, 1.82) is 0 Å². The summed E-state index contributed by atoms with van der Waals surface area (Å²) < 4.78 is 12.1. The van der Waals surface area contributed by atoms with Crippen LogP contribution in [0.5, 0.6) is 0 Å². The van der Waals surface area contributed by atoms with Gasteiger partial charge in [0.05, 0.1) is 17.3 Å². The maximum Gasteiger partial charge on any atom is 0.163 e. The molecule has 2 saturated heterocycles. The molecule has 0 amide bonds. The molecule has 0 spiro atoms. The lowest BCUT2D eigenvalue weighted by molar-refractivity contribution is -0.138. The minimum absolute atomic E-state index is 0.313. The summed E-state index contributed by atoms with van der Waals surface area (Å²) in [6.07, 6.45) is 2.81. The van der Waals surface area contributed by atoms with E-state index in [2.05, 4.69) is 23.5 Å². The standard InChI is InChI=1S/C10H18O2S2/c1-10(2)11-7-8(12-10)6-9-13-4-3-5-14-9/h8-9H,3-7H2,1-2H3/t8-/m0/s1. The molecule has 2 aliphatic heterocycles. The fourth-order valence-electron chi connectivity index (χ4n) is 1.77. The molecular weight excluding hydrogens is 216 g/mol. The minimum Gasteiger partial charge on any atom is -0.348 e. The summed E-state index contributed by atoms with van der Waals surface area (Å²) in [5, 5.41) is 0. The second-order valence-electron chi connectivity index (χ2n) is 4.21. The van der Waals surface area contributed by atoms with Crippen molar-refractivity contribution in [3.8, 4) is 0 Å². The number of thioether (sulfide) groups is 2. The normalized spacial score (nSPS) is 33.4. The van der Waals surface area contributed by atoms with E-state index in [0.717, 1.165) is 17.6 Å². The number of hydrogen-bond acceptors (Lipinski definition) is 4. The highest BCUT2D eigenvalue weighted by Gasteiger charge is 2.34. The topological polar surface area (TPSA) is 18.5 Å². The largest absolute Gasteiger partial charge is 0.348 e. The maximum atomic E-state index is 5.80. The van der Waals surface area contributed by atoms with Gasteiger partial charge in [0.25, 0.3) is 0 Å². The van der Waals surface area contributed by atoms with E-state index in [4.69, 9.17) is 9.47 Å². The van der Waals surface area contributed by atoms with Crippen molar-refractivity contribution < 1.29 is 9.47 Å². The predicted molar refractivity (Wildman–Crippen MR) is 62.8 cm³/mol. The molecule has 4 heteroatoms. The van der Waals surface area contributed by atoms with Crippen LogP contribution in [-0.4, -0.2) is 34.6 Å². The van der Waals surface area contributed by atoms with E-state index in [1.165, 1.54) is 17.9 Å². The monoisotopic (exact) mass is 234 g/mol. The molecule has 0 aromatic carbocycles. The van der Waals surface area contributed by atoms with Crippen molar-refractivity contribution in [3.63, 3.8) is 0 Å². The van der Waals surface area contributed by atoms with E-state index in [0.29, 0.717) is 6.10 Å². The van der Waals surface area contributed by atoms with Crippen LogP contribution >= 0.6 is 23.5 Å². The van der Waals surface area contributed by atoms with Crippen LogP contribution in [0.4, 0.5) is 0 Å². The van der Waals surface area contributed by atoms with Gasteiger partial charge in [-0.2, -0.15) is 0 Å². The molecule has 2 fully saturated rings. The van der Waals surface area contributed by atoms with Gasteiger partial charge in [-0.25, -0.2) is 0 Å². The average Bonchev–Trinajstić information content (AvgIpc) is 2.47. The highest BCUT2D eigenvalue weighted by atomic mass is 32.2. The summed E-state index contributed by atoms with van der Waals surface area (Å²) in [7, 11) is 0. The van der Waals surface area contributed by atoms with Crippen LogP contribution in [0.2, 0.25) is 0 Å². The molecule has 0 bridgehead atoms. The van der Waals surface area contributed by atoms with Crippen molar-refractivity contribution in [2.75, 3.05) is 18.1 Å². The molecule has 0 radical (unpaired) electrons. The lowest BCUT2D eigenvalue weighted by Crippen LogP contribution is -2.23. The Morgan fingerprint density at radius 1 is 1.29 bits per heavy atom. The number of hydrogen-bond donors (Lipinski definition) is 0. The Kier molecular flexibility index (Phi) is 3.68. The molecule has 0 aliphatic carbocycles. The zero-order valence-corrected chi connectivity index (χ0v) is 10.5. The molecule has 0 aromatic rings. The Morgan fingerprint density at radius 2 is 2.00 bits per heavy atom. The van der Waals surface area contributed by atoms with Gasteiger partial charge in [-0.15, -0.1) is 23.5 Å². The van der Waals surface area contributed by atoms with Crippen molar-refractivity contribution in [2.45, 2.75) is 43.2 Å².